The van der Waals surface area contributed by atoms with Crippen molar-refractivity contribution in [2.24, 2.45) is 0 Å². The lowest BCUT2D eigenvalue weighted by Gasteiger charge is -2.20. The van der Waals surface area contributed by atoms with E-state index >= 15 is 0 Å². The van der Waals surface area contributed by atoms with E-state index in [0.717, 1.165) is 19.4 Å². The number of thiophene rings is 1. The van der Waals surface area contributed by atoms with Crippen molar-refractivity contribution < 1.29 is 0 Å². The van der Waals surface area contributed by atoms with Gasteiger partial charge in [-0.05, 0) is 53.5 Å². The van der Waals surface area contributed by atoms with Gasteiger partial charge >= 0.3 is 0 Å². The number of halogens is 2. The summed E-state index contributed by atoms with van der Waals surface area (Å²) >= 11 is 9.05. The van der Waals surface area contributed by atoms with Crippen LogP contribution in [0.2, 0.25) is 0 Å². The van der Waals surface area contributed by atoms with Gasteiger partial charge in [0, 0.05) is 31.7 Å². The molecule has 1 heterocycles. The number of benzene rings is 1. The number of aryl methyl sites for hydroxylation is 1. The third kappa shape index (κ3) is 4.42. The molecule has 1 nitrogen and oxygen atoms in total. The van der Waals surface area contributed by atoms with Crippen LogP contribution in [0, 0.1) is 6.92 Å². The molecule has 2 rings (SSSR count). The van der Waals surface area contributed by atoms with E-state index in [1.54, 1.807) is 0 Å². The highest BCUT2D eigenvalue weighted by Crippen LogP contribution is 2.30. The maximum Gasteiger partial charge on any atom is 0.0380 e. The van der Waals surface area contributed by atoms with Crippen LogP contribution in [-0.4, -0.2) is 6.54 Å². The van der Waals surface area contributed by atoms with Gasteiger partial charge < -0.3 is 5.32 Å². The van der Waals surface area contributed by atoms with Crippen LogP contribution in [0.25, 0.3) is 0 Å². The maximum atomic E-state index is 3.70. The number of hydrogen-bond acceptors (Lipinski definition) is 2. The lowest BCUT2D eigenvalue weighted by atomic mass is 10.0. The van der Waals surface area contributed by atoms with Crippen LogP contribution < -0.4 is 5.32 Å². The third-order valence-electron chi connectivity index (χ3n) is 3.19. The highest BCUT2D eigenvalue weighted by molar-refractivity contribution is 9.10. The topological polar surface area (TPSA) is 12.0 Å². The van der Waals surface area contributed by atoms with Gasteiger partial charge in [-0.1, -0.05) is 40.5 Å². The molecule has 0 saturated heterocycles. The van der Waals surface area contributed by atoms with E-state index in [2.05, 4.69) is 80.7 Å². The lowest BCUT2D eigenvalue weighted by Crippen LogP contribution is -2.24. The predicted molar refractivity (Wildman–Crippen MR) is 95.6 cm³/mol. The van der Waals surface area contributed by atoms with E-state index in [9.17, 15) is 0 Å². The molecule has 1 N–H and O–H groups in total. The molecule has 1 aromatic carbocycles. The summed E-state index contributed by atoms with van der Waals surface area (Å²) in [5.74, 6) is 0. The second-order valence-electron chi connectivity index (χ2n) is 4.97. The quantitative estimate of drug-likeness (QED) is 0.621. The van der Waals surface area contributed by atoms with E-state index in [4.69, 9.17) is 0 Å². The molecule has 0 amide bonds. The average molecular weight is 417 g/mol. The van der Waals surface area contributed by atoms with Gasteiger partial charge in [-0.2, -0.15) is 0 Å². The molecular weight excluding hydrogens is 398 g/mol. The molecule has 0 aliphatic carbocycles. The van der Waals surface area contributed by atoms with Crippen molar-refractivity contribution in [2.75, 3.05) is 6.54 Å². The Hall–Kier alpha value is -0.160. The molecule has 4 heteroatoms. The molecule has 0 fully saturated rings. The van der Waals surface area contributed by atoms with E-state index in [1.165, 1.54) is 24.9 Å². The van der Waals surface area contributed by atoms with Gasteiger partial charge in [0.15, 0.2) is 0 Å². The molecule has 0 saturated carbocycles. The Balaban J connectivity index is 2.24. The monoisotopic (exact) mass is 415 g/mol. The highest BCUT2D eigenvalue weighted by atomic mass is 79.9. The van der Waals surface area contributed by atoms with Crippen LogP contribution in [0.15, 0.2) is 38.6 Å². The SMILES string of the molecule is CCCNC(Cc1cc(Br)cs1)c1cc(C)ccc1Br. The van der Waals surface area contributed by atoms with Crippen molar-refractivity contribution in [1.82, 2.24) is 5.32 Å². The number of hydrogen-bond donors (Lipinski definition) is 1. The van der Waals surface area contributed by atoms with Crippen LogP contribution in [0.3, 0.4) is 0 Å². The normalized spacial score (nSPS) is 12.6. The van der Waals surface area contributed by atoms with Crippen LogP contribution in [0.1, 0.15) is 35.4 Å². The second-order valence-corrected chi connectivity index (χ2v) is 7.73. The summed E-state index contributed by atoms with van der Waals surface area (Å²) in [6, 6.07) is 9.14. The summed E-state index contributed by atoms with van der Waals surface area (Å²) in [7, 11) is 0. The van der Waals surface area contributed by atoms with E-state index in [1.807, 2.05) is 11.3 Å². The Bertz CT molecular complexity index is 565. The molecule has 1 aromatic heterocycles. The smallest absolute Gasteiger partial charge is 0.0380 e. The fourth-order valence-corrected chi connectivity index (χ4v) is 4.22. The van der Waals surface area contributed by atoms with Crippen molar-refractivity contribution in [3.05, 3.63) is 54.6 Å². The fraction of sp³-hybridized carbons (Fsp3) is 0.375. The van der Waals surface area contributed by atoms with Gasteiger partial charge in [0.2, 0.25) is 0 Å². The first kappa shape index (κ1) is 16.2. The third-order valence-corrected chi connectivity index (χ3v) is 5.64. The largest absolute Gasteiger partial charge is 0.310 e. The summed E-state index contributed by atoms with van der Waals surface area (Å²) in [4.78, 5) is 1.40. The zero-order chi connectivity index (χ0) is 14.5. The molecule has 20 heavy (non-hydrogen) atoms. The standard InChI is InChI=1S/C16H19Br2NS/c1-3-6-19-16(9-13-8-12(17)10-20-13)14-7-11(2)4-5-15(14)18/h4-5,7-8,10,16,19H,3,6,9H2,1-2H3. The summed E-state index contributed by atoms with van der Waals surface area (Å²) in [6.07, 6.45) is 2.17. The summed E-state index contributed by atoms with van der Waals surface area (Å²) in [5, 5.41) is 5.82. The Morgan fingerprint density at radius 2 is 2.05 bits per heavy atom. The van der Waals surface area contributed by atoms with Gasteiger partial charge in [0.05, 0.1) is 0 Å². The molecule has 0 spiro atoms. The van der Waals surface area contributed by atoms with Crippen molar-refractivity contribution in [3.63, 3.8) is 0 Å². The van der Waals surface area contributed by atoms with Crippen LogP contribution in [-0.2, 0) is 6.42 Å². The maximum absolute atomic E-state index is 3.70. The van der Waals surface area contributed by atoms with E-state index < -0.39 is 0 Å². The van der Waals surface area contributed by atoms with Crippen molar-refractivity contribution in [3.8, 4) is 0 Å². The number of rotatable bonds is 6. The van der Waals surface area contributed by atoms with Gasteiger partial charge in [-0.3, -0.25) is 0 Å². The first-order valence-corrected chi connectivity index (χ1v) is 9.29. The lowest BCUT2D eigenvalue weighted by molar-refractivity contribution is 0.530. The minimum atomic E-state index is 0.356. The average Bonchev–Trinajstić information content (AvgIpc) is 2.83. The van der Waals surface area contributed by atoms with Crippen molar-refractivity contribution in [1.29, 1.82) is 0 Å². The zero-order valence-corrected chi connectivity index (χ0v) is 15.7. The zero-order valence-electron chi connectivity index (χ0n) is 11.7. The molecule has 0 aliphatic rings. The molecule has 1 unspecified atom stereocenters. The predicted octanol–water partition coefficient (Wildman–Crippen LogP) is 5.86. The Kier molecular flexibility index (Phi) is 6.27. The summed E-state index contributed by atoms with van der Waals surface area (Å²) < 4.78 is 2.36. The van der Waals surface area contributed by atoms with Gasteiger partial charge in [0.1, 0.15) is 0 Å². The Morgan fingerprint density at radius 3 is 2.70 bits per heavy atom. The first-order chi connectivity index (χ1) is 9.60. The number of nitrogens with one attached hydrogen (secondary N) is 1. The summed E-state index contributed by atoms with van der Waals surface area (Å²) in [5.41, 5.74) is 2.65. The van der Waals surface area contributed by atoms with Crippen LogP contribution in [0.4, 0.5) is 0 Å². The molecule has 0 bridgehead atoms. The molecular formula is C16H19Br2NS. The first-order valence-electron chi connectivity index (χ1n) is 6.82. The molecule has 1 atom stereocenters. The minimum Gasteiger partial charge on any atom is -0.310 e. The fourth-order valence-electron chi connectivity index (χ4n) is 2.20. The van der Waals surface area contributed by atoms with E-state index in [0.29, 0.717) is 6.04 Å². The van der Waals surface area contributed by atoms with Crippen LogP contribution in [0.5, 0.6) is 0 Å². The van der Waals surface area contributed by atoms with Crippen LogP contribution >= 0.6 is 43.2 Å². The van der Waals surface area contributed by atoms with Gasteiger partial charge in [0.25, 0.3) is 0 Å². The molecule has 0 radical (unpaired) electrons. The van der Waals surface area contributed by atoms with E-state index in [-0.39, 0.29) is 0 Å². The second kappa shape index (κ2) is 7.74. The Labute approximate surface area is 142 Å². The molecule has 0 aliphatic heterocycles. The molecule has 108 valence electrons. The van der Waals surface area contributed by atoms with Gasteiger partial charge in [-0.25, -0.2) is 0 Å². The van der Waals surface area contributed by atoms with Gasteiger partial charge in [-0.15, -0.1) is 11.3 Å². The summed E-state index contributed by atoms with van der Waals surface area (Å²) in [6.45, 7) is 5.39. The van der Waals surface area contributed by atoms with Crippen molar-refractivity contribution in [2.45, 2.75) is 32.7 Å². The minimum absolute atomic E-state index is 0.356. The Morgan fingerprint density at radius 1 is 1.25 bits per heavy atom. The van der Waals surface area contributed by atoms with Crippen molar-refractivity contribution >= 4 is 43.2 Å². The molecule has 2 aromatic rings. The highest BCUT2D eigenvalue weighted by Gasteiger charge is 2.15.